The van der Waals surface area contributed by atoms with Gasteiger partial charge in [0.25, 0.3) is 0 Å². The summed E-state index contributed by atoms with van der Waals surface area (Å²) in [6.07, 6.45) is 3.17. The first-order valence-electron chi connectivity index (χ1n) is 8.11. The third kappa shape index (κ3) is 7.27. The number of methoxy groups -OCH3 is 1. The number of benzene rings is 1. The quantitative estimate of drug-likeness (QED) is 0.423. The molecule has 1 aromatic rings. The van der Waals surface area contributed by atoms with E-state index in [1.165, 1.54) is 6.08 Å². The number of aryl methyl sites for hydroxylation is 1. The molecule has 0 aliphatic heterocycles. The van der Waals surface area contributed by atoms with Crippen molar-refractivity contribution in [2.24, 2.45) is 0 Å². The molecule has 0 aromatic heterocycles. The monoisotopic (exact) mass is 344 g/mol. The summed E-state index contributed by atoms with van der Waals surface area (Å²) in [4.78, 5) is 14.1. The Morgan fingerprint density at radius 1 is 1.28 bits per heavy atom. The molecule has 0 saturated heterocycles. The van der Waals surface area contributed by atoms with Crippen LogP contribution >= 0.6 is 0 Å². The predicted octanol–water partition coefficient (Wildman–Crippen LogP) is 3.50. The van der Waals surface area contributed by atoms with Crippen LogP contribution in [0, 0.1) is 6.92 Å². The highest BCUT2D eigenvalue weighted by atomic mass is 16.5. The maximum Gasteiger partial charge on any atom is 0.248 e. The lowest BCUT2D eigenvalue weighted by Gasteiger charge is -2.16. The molecule has 1 N–H and O–H groups in total. The van der Waals surface area contributed by atoms with Crippen molar-refractivity contribution in [2.45, 2.75) is 13.8 Å². The SMILES string of the molecule is C=C(OC)/C(OCCN(C)C)=C(C)/C=C/C(=O)Nc1ccccc1C. The minimum Gasteiger partial charge on any atom is -0.493 e. The van der Waals surface area contributed by atoms with E-state index in [2.05, 4.69) is 11.9 Å². The number of amides is 1. The molecule has 0 radical (unpaired) electrons. The molecule has 0 fully saturated rings. The zero-order valence-corrected chi connectivity index (χ0v) is 15.8. The Morgan fingerprint density at radius 3 is 2.56 bits per heavy atom. The maximum absolute atomic E-state index is 12.1. The van der Waals surface area contributed by atoms with Gasteiger partial charge in [0.1, 0.15) is 6.61 Å². The first-order chi connectivity index (χ1) is 11.8. The van der Waals surface area contributed by atoms with E-state index >= 15 is 0 Å². The largest absolute Gasteiger partial charge is 0.493 e. The van der Waals surface area contributed by atoms with Crippen molar-refractivity contribution in [3.8, 4) is 0 Å². The van der Waals surface area contributed by atoms with Crippen LogP contribution in [0.15, 0.2) is 60.1 Å². The summed E-state index contributed by atoms with van der Waals surface area (Å²) >= 11 is 0. The smallest absolute Gasteiger partial charge is 0.248 e. The molecule has 25 heavy (non-hydrogen) atoms. The van der Waals surface area contributed by atoms with Gasteiger partial charge in [-0.3, -0.25) is 4.79 Å². The third-order valence-corrected chi connectivity index (χ3v) is 3.53. The molecule has 0 saturated carbocycles. The molecular weight excluding hydrogens is 316 g/mol. The Balaban J connectivity index is 2.80. The molecule has 0 aliphatic rings. The minimum atomic E-state index is -0.204. The van der Waals surface area contributed by atoms with Gasteiger partial charge in [0, 0.05) is 18.3 Å². The van der Waals surface area contributed by atoms with Crippen LogP contribution < -0.4 is 5.32 Å². The fourth-order valence-corrected chi connectivity index (χ4v) is 2.00. The van der Waals surface area contributed by atoms with E-state index < -0.39 is 0 Å². The van der Waals surface area contributed by atoms with Crippen LogP contribution in [0.1, 0.15) is 12.5 Å². The number of likely N-dealkylation sites (N-methyl/N-ethyl adjacent to an activating group) is 1. The van der Waals surface area contributed by atoms with Crippen LogP contribution in [0.3, 0.4) is 0 Å². The minimum absolute atomic E-state index is 0.204. The third-order valence-electron chi connectivity index (χ3n) is 3.53. The lowest BCUT2D eigenvalue weighted by Crippen LogP contribution is -2.18. The highest BCUT2D eigenvalue weighted by Crippen LogP contribution is 2.17. The molecule has 1 amide bonds. The Bertz CT molecular complexity index is 661. The van der Waals surface area contributed by atoms with Gasteiger partial charge in [-0.25, -0.2) is 0 Å². The summed E-state index contributed by atoms with van der Waals surface area (Å²) in [6.45, 7) is 8.92. The summed E-state index contributed by atoms with van der Waals surface area (Å²) in [5, 5.41) is 2.86. The number of nitrogens with one attached hydrogen (secondary N) is 1. The molecule has 0 spiro atoms. The first kappa shape index (κ1) is 20.5. The van der Waals surface area contributed by atoms with Gasteiger partial charge in [-0.2, -0.15) is 0 Å². The van der Waals surface area contributed by atoms with E-state index in [0.717, 1.165) is 23.4 Å². The van der Waals surface area contributed by atoms with Crippen molar-refractivity contribution < 1.29 is 14.3 Å². The molecule has 0 unspecified atom stereocenters. The van der Waals surface area contributed by atoms with E-state index in [9.17, 15) is 4.79 Å². The number of anilines is 1. The van der Waals surface area contributed by atoms with Crippen LogP contribution in [-0.2, 0) is 14.3 Å². The molecule has 0 bridgehead atoms. The van der Waals surface area contributed by atoms with Crippen molar-refractivity contribution in [2.75, 3.05) is 39.7 Å². The fraction of sp³-hybridized carbons (Fsp3) is 0.350. The van der Waals surface area contributed by atoms with Crippen LogP contribution in [0.2, 0.25) is 0 Å². The standard InChI is InChI=1S/C20H28N2O3/c1-15-9-7-8-10-18(15)21-19(23)12-11-16(2)20(17(3)24-6)25-14-13-22(4)5/h7-12H,3,13-14H2,1-2,4-6H3,(H,21,23)/b12-11+,20-16-. The normalized spacial score (nSPS) is 12.1. The zero-order chi connectivity index (χ0) is 18.8. The fourth-order valence-electron chi connectivity index (χ4n) is 2.00. The average molecular weight is 344 g/mol. The van der Waals surface area contributed by atoms with E-state index in [-0.39, 0.29) is 5.91 Å². The second-order valence-corrected chi connectivity index (χ2v) is 5.93. The first-order valence-corrected chi connectivity index (χ1v) is 8.11. The molecule has 5 nitrogen and oxygen atoms in total. The molecule has 0 aliphatic carbocycles. The van der Waals surface area contributed by atoms with E-state index in [1.807, 2.05) is 57.1 Å². The van der Waals surface area contributed by atoms with Gasteiger partial charge in [-0.1, -0.05) is 30.9 Å². The second-order valence-electron chi connectivity index (χ2n) is 5.93. The Labute approximate surface area is 150 Å². The Kier molecular flexibility index (Phi) is 8.50. The number of allylic oxidation sites excluding steroid dienone is 2. The number of rotatable bonds is 9. The highest BCUT2D eigenvalue weighted by Gasteiger charge is 2.09. The van der Waals surface area contributed by atoms with Crippen molar-refractivity contribution in [3.63, 3.8) is 0 Å². The van der Waals surface area contributed by atoms with Crippen LogP contribution in [0.4, 0.5) is 5.69 Å². The van der Waals surface area contributed by atoms with Gasteiger partial charge in [-0.05, 0) is 45.1 Å². The molecule has 0 atom stereocenters. The topological polar surface area (TPSA) is 50.8 Å². The van der Waals surface area contributed by atoms with Crippen molar-refractivity contribution in [1.29, 1.82) is 0 Å². The van der Waals surface area contributed by atoms with Gasteiger partial charge in [0.2, 0.25) is 5.91 Å². The summed E-state index contributed by atoms with van der Waals surface area (Å²) < 4.78 is 11.0. The van der Waals surface area contributed by atoms with E-state index in [4.69, 9.17) is 9.47 Å². The van der Waals surface area contributed by atoms with Crippen molar-refractivity contribution in [3.05, 3.63) is 65.7 Å². The molecule has 0 heterocycles. The van der Waals surface area contributed by atoms with Crippen LogP contribution in [0.25, 0.3) is 0 Å². The summed E-state index contributed by atoms with van der Waals surface area (Å²) in [6, 6.07) is 7.63. The summed E-state index contributed by atoms with van der Waals surface area (Å²) in [5.74, 6) is 0.772. The number of carbonyl (C=O) groups is 1. The van der Waals surface area contributed by atoms with Crippen molar-refractivity contribution in [1.82, 2.24) is 4.90 Å². The second kappa shape index (κ2) is 10.4. The maximum atomic E-state index is 12.1. The summed E-state index contributed by atoms with van der Waals surface area (Å²) in [5.41, 5.74) is 2.57. The van der Waals surface area contributed by atoms with E-state index in [0.29, 0.717) is 18.1 Å². The lowest BCUT2D eigenvalue weighted by molar-refractivity contribution is -0.111. The van der Waals surface area contributed by atoms with Gasteiger partial charge in [0.15, 0.2) is 11.5 Å². The number of carbonyl (C=O) groups excluding carboxylic acids is 1. The van der Waals surface area contributed by atoms with Crippen LogP contribution in [0.5, 0.6) is 0 Å². The molecule has 136 valence electrons. The highest BCUT2D eigenvalue weighted by molar-refractivity contribution is 6.00. The number of hydrogen-bond donors (Lipinski definition) is 1. The Hall–Kier alpha value is -2.53. The summed E-state index contributed by atoms with van der Waals surface area (Å²) in [7, 11) is 5.49. The molecule has 5 heteroatoms. The Morgan fingerprint density at radius 2 is 1.96 bits per heavy atom. The number of ether oxygens (including phenoxy) is 2. The van der Waals surface area contributed by atoms with E-state index in [1.54, 1.807) is 13.2 Å². The lowest BCUT2D eigenvalue weighted by atomic mass is 10.2. The van der Waals surface area contributed by atoms with Gasteiger partial charge < -0.3 is 19.7 Å². The van der Waals surface area contributed by atoms with Crippen LogP contribution in [-0.4, -0.2) is 45.2 Å². The molecular formula is C20H28N2O3. The van der Waals surface area contributed by atoms with Gasteiger partial charge in [-0.15, -0.1) is 0 Å². The average Bonchev–Trinajstić information content (AvgIpc) is 2.57. The van der Waals surface area contributed by atoms with Crippen molar-refractivity contribution >= 4 is 11.6 Å². The molecule has 1 rings (SSSR count). The number of para-hydroxylation sites is 1. The van der Waals surface area contributed by atoms with Gasteiger partial charge >= 0.3 is 0 Å². The number of hydrogen-bond acceptors (Lipinski definition) is 4. The zero-order valence-electron chi connectivity index (χ0n) is 15.8. The molecule has 1 aromatic carbocycles. The predicted molar refractivity (Wildman–Crippen MR) is 102 cm³/mol. The van der Waals surface area contributed by atoms with Gasteiger partial charge in [0.05, 0.1) is 7.11 Å². The number of nitrogens with zero attached hydrogens (tertiary/aromatic N) is 1.